The number of amides is 1. The monoisotopic (exact) mass is 419 g/mol. The summed E-state index contributed by atoms with van der Waals surface area (Å²) in [6, 6.07) is 17.2. The first-order valence-corrected chi connectivity index (χ1v) is 10.5. The summed E-state index contributed by atoms with van der Waals surface area (Å²) >= 11 is 0. The summed E-state index contributed by atoms with van der Waals surface area (Å²) in [4.78, 5) is 23.7. The van der Waals surface area contributed by atoms with E-state index in [4.69, 9.17) is 5.26 Å². The number of aromatic nitrogens is 3. The van der Waals surface area contributed by atoms with Gasteiger partial charge in [-0.15, -0.1) is 0 Å². The molecule has 1 aliphatic rings. The van der Waals surface area contributed by atoms with Gasteiger partial charge in [-0.3, -0.25) is 14.2 Å². The van der Waals surface area contributed by atoms with Crippen molar-refractivity contribution >= 4 is 11.6 Å². The summed E-state index contributed by atoms with van der Waals surface area (Å²) in [5.74, 6) is 0.0569. The Morgan fingerprint density at radius 2 is 1.75 bits per heavy atom. The first-order valence-electron chi connectivity index (χ1n) is 10.5. The average Bonchev–Trinajstić information content (AvgIpc) is 3.27. The quantitative estimate of drug-likeness (QED) is 0.450. The van der Waals surface area contributed by atoms with Gasteiger partial charge in [0, 0.05) is 36.0 Å². The van der Waals surface area contributed by atoms with Gasteiger partial charge in [-0.2, -0.15) is 5.26 Å². The molecule has 3 heterocycles. The van der Waals surface area contributed by atoms with E-state index in [1.165, 1.54) is 5.57 Å². The molecular formula is C26H21N5O. The van der Waals surface area contributed by atoms with Crippen molar-refractivity contribution in [1.29, 1.82) is 5.26 Å². The van der Waals surface area contributed by atoms with E-state index in [1.807, 2.05) is 51.9 Å². The Labute approximate surface area is 186 Å². The predicted octanol–water partition coefficient (Wildman–Crippen LogP) is 4.73. The second kappa shape index (κ2) is 8.12. The third kappa shape index (κ3) is 3.65. The maximum absolute atomic E-state index is 12.8. The van der Waals surface area contributed by atoms with Crippen LogP contribution in [-0.4, -0.2) is 38.3 Å². The maximum Gasteiger partial charge on any atom is 0.254 e. The highest BCUT2D eigenvalue weighted by molar-refractivity contribution is 5.95. The van der Waals surface area contributed by atoms with Gasteiger partial charge in [0.05, 0.1) is 35.4 Å². The molecule has 156 valence electrons. The highest BCUT2D eigenvalue weighted by Crippen LogP contribution is 2.25. The first-order chi connectivity index (χ1) is 15.6. The largest absolute Gasteiger partial charge is 0.335 e. The Balaban J connectivity index is 1.43. The molecule has 6 heteroatoms. The highest BCUT2D eigenvalue weighted by Gasteiger charge is 2.17. The minimum absolute atomic E-state index is 0.0569. The number of nitriles is 1. The van der Waals surface area contributed by atoms with Gasteiger partial charge in [0.2, 0.25) is 0 Å². The van der Waals surface area contributed by atoms with Crippen LogP contribution in [0.3, 0.4) is 0 Å². The molecule has 2 aromatic carbocycles. The van der Waals surface area contributed by atoms with Crippen LogP contribution in [0.1, 0.15) is 29.3 Å². The molecular weight excluding hydrogens is 398 g/mol. The van der Waals surface area contributed by atoms with Crippen LogP contribution in [0, 0.1) is 11.3 Å². The van der Waals surface area contributed by atoms with E-state index < -0.39 is 0 Å². The number of nitrogens with zero attached hydrogens (tertiary/aromatic N) is 5. The fourth-order valence-electron chi connectivity index (χ4n) is 3.89. The number of carbonyl (C=O) groups excluding carboxylic acids is 1. The number of benzene rings is 2. The van der Waals surface area contributed by atoms with Crippen LogP contribution in [0.15, 0.2) is 78.8 Å². The minimum Gasteiger partial charge on any atom is -0.335 e. The zero-order chi connectivity index (χ0) is 22.1. The van der Waals surface area contributed by atoms with Crippen molar-refractivity contribution in [3.63, 3.8) is 0 Å². The van der Waals surface area contributed by atoms with E-state index in [0.29, 0.717) is 17.7 Å². The summed E-state index contributed by atoms with van der Waals surface area (Å²) in [6.07, 6.45) is 8.54. The van der Waals surface area contributed by atoms with Crippen LogP contribution in [0.2, 0.25) is 0 Å². The van der Waals surface area contributed by atoms with Crippen molar-refractivity contribution < 1.29 is 4.79 Å². The standard InChI is InChI=1S/C26H21N5O/c1-18-10-12-30(13-11-18)26(32)22-8-6-20(7-9-22)23-17-31-24(15-29-25(31)16-28-23)21-4-2-19(14-27)3-5-21/h2-10,15-17H,11-13H2,1H3. The molecule has 0 spiro atoms. The van der Waals surface area contributed by atoms with Gasteiger partial charge in [-0.05, 0) is 37.6 Å². The van der Waals surface area contributed by atoms with Crippen molar-refractivity contribution in [3.8, 4) is 28.6 Å². The Morgan fingerprint density at radius 1 is 1.00 bits per heavy atom. The summed E-state index contributed by atoms with van der Waals surface area (Å²) in [5, 5.41) is 9.03. The van der Waals surface area contributed by atoms with Crippen LogP contribution < -0.4 is 0 Å². The summed E-state index contributed by atoms with van der Waals surface area (Å²) in [6.45, 7) is 3.54. The Hall–Kier alpha value is -4.24. The number of imidazole rings is 1. The van der Waals surface area contributed by atoms with Crippen molar-refractivity contribution in [1.82, 2.24) is 19.3 Å². The highest BCUT2D eigenvalue weighted by atomic mass is 16.2. The molecule has 0 saturated carbocycles. The van der Waals surface area contributed by atoms with Crippen LogP contribution in [0.4, 0.5) is 0 Å². The Bertz CT molecular complexity index is 1370. The molecule has 1 aliphatic heterocycles. The van der Waals surface area contributed by atoms with E-state index in [1.54, 1.807) is 24.5 Å². The molecule has 32 heavy (non-hydrogen) atoms. The fraction of sp³-hybridized carbons (Fsp3) is 0.154. The van der Waals surface area contributed by atoms with Gasteiger partial charge in [0.25, 0.3) is 5.91 Å². The number of fused-ring (bicyclic) bond motifs is 1. The van der Waals surface area contributed by atoms with Gasteiger partial charge in [0.15, 0.2) is 5.65 Å². The van der Waals surface area contributed by atoms with E-state index in [9.17, 15) is 4.79 Å². The molecule has 0 unspecified atom stereocenters. The molecule has 1 amide bonds. The Morgan fingerprint density at radius 3 is 2.44 bits per heavy atom. The SMILES string of the molecule is CC1=CCN(C(=O)c2ccc(-c3cn4c(-c5ccc(C#N)cc5)cnc4cn3)cc2)CC1. The molecule has 0 radical (unpaired) electrons. The molecule has 2 aromatic heterocycles. The molecule has 0 fully saturated rings. The zero-order valence-corrected chi connectivity index (χ0v) is 17.7. The van der Waals surface area contributed by atoms with E-state index >= 15 is 0 Å². The molecule has 4 aromatic rings. The van der Waals surface area contributed by atoms with Gasteiger partial charge in [0.1, 0.15) is 0 Å². The molecule has 0 bridgehead atoms. The summed E-state index contributed by atoms with van der Waals surface area (Å²) in [7, 11) is 0. The third-order valence-electron chi connectivity index (χ3n) is 5.86. The predicted molar refractivity (Wildman–Crippen MR) is 123 cm³/mol. The lowest BCUT2D eigenvalue weighted by atomic mass is 10.1. The third-order valence-corrected chi connectivity index (χ3v) is 5.86. The van der Waals surface area contributed by atoms with Gasteiger partial charge in [-0.25, -0.2) is 4.98 Å². The Kier molecular flexibility index (Phi) is 5.00. The summed E-state index contributed by atoms with van der Waals surface area (Å²) in [5.41, 5.74) is 7.00. The van der Waals surface area contributed by atoms with E-state index in [0.717, 1.165) is 41.1 Å². The van der Waals surface area contributed by atoms with Crippen LogP contribution in [0.5, 0.6) is 0 Å². The lowest BCUT2D eigenvalue weighted by Gasteiger charge is -2.25. The zero-order valence-electron chi connectivity index (χ0n) is 17.7. The smallest absolute Gasteiger partial charge is 0.254 e. The molecule has 0 saturated heterocycles. The second-order valence-corrected chi connectivity index (χ2v) is 7.96. The first kappa shape index (κ1) is 19.7. The van der Waals surface area contributed by atoms with Crippen molar-refractivity contribution in [3.05, 3.63) is 89.9 Å². The average molecular weight is 419 g/mol. The number of carbonyl (C=O) groups is 1. The number of hydrogen-bond acceptors (Lipinski definition) is 4. The van der Waals surface area contributed by atoms with Gasteiger partial charge < -0.3 is 4.90 Å². The normalized spacial score (nSPS) is 13.6. The number of hydrogen-bond donors (Lipinski definition) is 0. The number of rotatable bonds is 3. The molecule has 5 rings (SSSR count). The van der Waals surface area contributed by atoms with Crippen LogP contribution in [-0.2, 0) is 0 Å². The second-order valence-electron chi connectivity index (χ2n) is 7.96. The topological polar surface area (TPSA) is 74.3 Å². The molecule has 0 aliphatic carbocycles. The van der Waals surface area contributed by atoms with Crippen LogP contribution >= 0.6 is 0 Å². The van der Waals surface area contributed by atoms with Gasteiger partial charge in [-0.1, -0.05) is 35.9 Å². The van der Waals surface area contributed by atoms with Crippen molar-refractivity contribution in [2.75, 3.05) is 13.1 Å². The van der Waals surface area contributed by atoms with Gasteiger partial charge >= 0.3 is 0 Å². The fourth-order valence-corrected chi connectivity index (χ4v) is 3.89. The van der Waals surface area contributed by atoms with Crippen LogP contribution in [0.25, 0.3) is 28.2 Å². The van der Waals surface area contributed by atoms with Crippen molar-refractivity contribution in [2.45, 2.75) is 13.3 Å². The summed E-state index contributed by atoms with van der Waals surface area (Å²) < 4.78 is 1.99. The van der Waals surface area contributed by atoms with Crippen molar-refractivity contribution in [2.24, 2.45) is 0 Å². The molecule has 0 N–H and O–H groups in total. The minimum atomic E-state index is 0.0569. The lowest BCUT2D eigenvalue weighted by molar-refractivity contribution is 0.0769. The van der Waals surface area contributed by atoms with E-state index in [-0.39, 0.29) is 5.91 Å². The maximum atomic E-state index is 12.8. The molecule has 0 atom stereocenters. The van der Waals surface area contributed by atoms with E-state index in [2.05, 4.69) is 29.0 Å². The molecule has 6 nitrogen and oxygen atoms in total. The lowest BCUT2D eigenvalue weighted by Crippen LogP contribution is -2.34.